The Morgan fingerprint density at radius 2 is 2.08 bits per heavy atom. The summed E-state index contributed by atoms with van der Waals surface area (Å²) in [6, 6.07) is 4.15. The molecule has 1 aromatic heterocycles. The molecule has 2 aromatic rings. The first-order valence-corrected chi connectivity index (χ1v) is 13.4. The Morgan fingerprint density at radius 3 is 2.81 bits per heavy atom. The second-order valence-electron chi connectivity index (χ2n) is 10.4. The average molecular weight is 517 g/mol. The van der Waals surface area contributed by atoms with Crippen LogP contribution in [0.25, 0.3) is 0 Å². The molecule has 3 atom stereocenters. The molecular formula is C25H29FN4O5S. The third kappa shape index (κ3) is 3.84. The lowest BCUT2D eigenvalue weighted by Crippen LogP contribution is -2.60. The van der Waals surface area contributed by atoms with Gasteiger partial charge in [-0.25, -0.2) is 13.3 Å². The number of carbonyl (C=O) groups excluding carboxylic acids is 2. The Hall–Kier alpha value is -2.76. The third-order valence-corrected chi connectivity index (χ3v) is 9.11. The minimum absolute atomic E-state index is 0.0261. The van der Waals surface area contributed by atoms with Gasteiger partial charge in [-0.2, -0.15) is 0 Å². The molecule has 1 saturated carbocycles. The monoisotopic (exact) mass is 516 g/mol. The number of rotatable bonds is 3. The minimum Gasteiger partial charge on any atom is -0.489 e. The number of nitrogens with zero attached hydrogens (tertiary/aromatic N) is 2. The van der Waals surface area contributed by atoms with E-state index in [4.69, 9.17) is 9.47 Å². The van der Waals surface area contributed by atoms with Gasteiger partial charge in [0.1, 0.15) is 27.3 Å². The first kappa shape index (κ1) is 23.6. The van der Waals surface area contributed by atoms with E-state index in [1.165, 1.54) is 12.1 Å². The first-order valence-electron chi connectivity index (χ1n) is 12.2. The first-order chi connectivity index (χ1) is 17.2. The van der Waals surface area contributed by atoms with Crippen molar-refractivity contribution >= 4 is 28.5 Å². The van der Waals surface area contributed by atoms with Crippen LogP contribution in [-0.4, -0.2) is 63.4 Å². The van der Waals surface area contributed by atoms with Crippen LogP contribution in [0.2, 0.25) is 0 Å². The minimum atomic E-state index is -1.65. The van der Waals surface area contributed by atoms with E-state index >= 15 is 0 Å². The normalized spacial score (nSPS) is 30.8. The molecule has 5 aliphatic rings. The largest absolute Gasteiger partial charge is 0.489 e. The van der Waals surface area contributed by atoms with Crippen LogP contribution in [0.4, 0.5) is 10.1 Å². The number of halogens is 1. The smallest absolute Gasteiger partial charge is 0.276 e. The number of aryl methyl sites for hydroxylation is 2. The molecule has 5 heterocycles. The van der Waals surface area contributed by atoms with E-state index < -0.39 is 22.5 Å². The van der Waals surface area contributed by atoms with Crippen LogP contribution in [0.5, 0.6) is 5.75 Å². The van der Waals surface area contributed by atoms with Crippen LogP contribution in [0.1, 0.15) is 35.3 Å². The van der Waals surface area contributed by atoms with Crippen LogP contribution < -0.4 is 14.8 Å². The number of benzene rings is 1. The summed E-state index contributed by atoms with van der Waals surface area (Å²) in [5.74, 6) is 0.0568. The molecule has 36 heavy (non-hydrogen) atoms. The van der Waals surface area contributed by atoms with Gasteiger partial charge in [-0.15, -0.1) is 0 Å². The van der Waals surface area contributed by atoms with E-state index in [-0.39, 0.29) is 35.1 Å². The number of aromatic nitrogens is 1. The third-order valence-electron chi connectivity index (χ3n) is 7.90. The van der Waals surface area contributed by atoms with Crippen molar-refractivity contribution in [2.75, 3.05) is 31.6 Å². The van der Waals surface area contributed by atoms with Gasteiger partial charge in [0.15, 0.2) is 11.4 Å². The highest BCUT2D eigenvalue weighted by Crippen LogP contribution is 2.49. The number of hydrogen-bond acceptors (Lipinski definition) is 5. The molecule has 2 bridgehead atoms. The van der Waals surface area contributed by atoms with Crippen LogP contribution in [0.3, 0.4) is 0 Å². The molecule has 0 radical (unpaired) electrons. The SMILES string of the molecule is Cc1cc(NC(=O)c2c3c(cn2C)S(=O)NC2CN(C(=O)C45CC(CO4)C5)CCC2CO3)ccc1F. The number of anilines is 1. The Kier molecular flexibility index (Phi) is 5.69. The summed E-state index contributed by atoms with van der Waals surface area (Å²) in [7, 11) is 0.0445. The van der Waals surface area contributed by atoms with Crippen molar-refractivity contribution in [3.63, 3.8) is 0 Å². The van der Waals surface area contributed by atoms with Crippen LogP contribution >= 0.6 is 0 Å². The van der Waals surface area contributed by atoms with E-state index in [2.05, 4.69) is 10.0 Å². The number of hydrogen-bond donors (Lipinski definition) is 2. The number of ether oxygens (including phenoxy) is 2. The maximum absolute atomic E-state index is 13.6. The molecule has 0 spiro atoms. The van der Waals surface area contributed by atoms with E-state index in [1.54, 1.807) is 30.8 Å². The molecule has 9 nitrogen and oxygen atoms in total. The highest BCUT2D eigenvalue weighted by molar-refractivity contribution is 7.83. The van der Waals surface area contributed by atoms with Gasteiger partial charge in [0.05, 0.1) is 13.2 Å². The van der Waals surface area contributed by atoms with Gasteiger partial charge in [0.25, 0.3) is 11.8 Å². The summed E-state index contributed by atoms with van der Waals surface area (Å²) >= 11 is 0. The number of carbonyl (C=O) groups is 2. The van der Waals surface area contributed by atoms with Crippen LogP contribution in [0, 0.1) is 24.6 Å². The zero-order valence-corrected chi connectivity index (χ0v) is 21.0. The van der Waals surface area contributed by atoms with Gasteiger partial charge in [-0.3, -0.25) is 9.59 Å². The standard InChI is InChI=1S/C25H29FN4O5S/c1-14-7-17(3-4-18(14)26)27-23(31)21-22-20(11-29(21)2)36(33)28-19-10-30(6-5-16(19)13-34-22)24(32)25-8-15(9-25)12-35-25/h3-4,7,11,15-16,19,28H,5-6,8-10,12-13H2,1-2H3,(H,27,31). The number of likely N-dealkylation sites (tertiary alicyclic amines) is 1. The second-order valence-corrected chi connectivity index (χ2v) is 11.6. The van der Waals surface area contributed by atoms with E-state index in [1.807, 2.05) is 4.90 Å². The lowest BCUT2D eigenvalue weighted by atomic mass is 9.73. The fourth-order valence-corrected chi connectivity index (χ4v) is 7.09. The lowest BCUT2D eigenvalue weighted by Gasteiger charge is -2.44. The zero-order valence-electron chi connectivity index (χ0n) is 20.2. The number of piperidine rings is 1. The van der Waals surface area contributed by atoms with Gasteiger partial charge in [0.2, 0.25) is 0 Å². The van der Waals surface area contributed by atoms with E-state index in [0.29, 0.717) is 54.8 Å². The molecule has 1 aromatic carbocycles. The van der Waals surface area contributed by atoms with Crippen molar-refractivity contribution in [3.05, 3.63) is 41.5 Å². The Bertz CT molecular complexity index is 1270. The van der Waals surface area contributed by atoms with Crippen LogP contribution in [0.15, 0.2) is 29.3 Å². The van der Waals surface area contributed by atoms with Crippen molar-refractivity contribution < 1.29 is 27.7 Å². The molecule has 4 fully saturated rings. The summed E-state index contributed by atoms with van der Waals surface area (Å²) in [5, 5.41) is 2.78. The summed E-state index contributed by atoms with van der Waals surface area (Å²) in [5.41, 5.74) is 0.473. The van der Waals surface area contributed by atoms with Crippen molar-refractivity contribution in [2.45, 2.75) is 42.7 Å². The summed E-state index contributed by atoms with van der Waals surface area (Å²) in [6.07, 6.45) is 3.91. The maximum atomic E-state index is 13.6. The molecule has 7 rings (SSSR count). The van der Waals surface area contributed by atoms with Gasteiger partial charge >= 0.3 is 0 Å². The number of fused-ring (bicyclic) bond motifs is 3. The van der Waals surface area contributed by atoms with Gasteiger partial charge in [0, 0.05) is 44.0 Å². The van der Waals surface area contributed by atoms with Crippen molar-refractivity contribution in [2.24, 2.45) is 18.9 Å². The zero-order chi connectivity index (χ0) is 25.2. The number of amides is 2. The fourth-order valence-electron chi connectivity index (χ4n) is 5.84. The van der Waals surface area contributed by atoms with Gasteiger partial charge in [-0.05, 0) is 55.9 Å². The summed E-state index contributed by atoms with van der Waals surface area (Å²) in [6.45, 7) is 3.64. The average Bonchev–Trinajstić information content (AvgIpc) is 3.52. The molecule has 3 unspecified atom stereocenters. The molecule has 1 aliphatic carbocycles. The molecule has 192 valence electrons. The summed E-state index contributed by atoms with van der Waals surface area (Å²) in [4.78, 5) is 28.5. The van der Waals surface area contributed by atoms with E-state index in [0.717, 1.165) is 12.8 Å². The Morgan fingerprint density at radius 1 is 1.28 bits per heavy atom. The molecule has 11 heteroatoms. The molecule has 2 amide bonds. The Balaban J connectivity index is 1.20. The van der Waals surface area contributed by atoms with E-state index in [9.17, 15) is 18.2 Å². The summed E-state index contributed by atoms with van der Waals surface area (Å²) < 4.78 is 43.7. The molecule has 4 aliphatic heterocycles. The maximum Gasteiger partial charge on any atom is 0.276 e. The number of nitrogens with one attached hydrogen (secondary N) is 2. The Labute approximate surface area is 210 Å². The van der Waals surface area contributed by atoms with Crippen LogP contribution in [-0.2, 0) is 27.6 Å². The van der Waals surface area contributed by atoms with Gasteiger partial charge in [-0.1, -0.05) is 0 Å². The second kappa shape index (κ2) is 8.67. The van der Waals surface area contributed by atoms with Gasteiger partial charge < -0.3 is 24.3 Å². The topological polar surface area (TPSA) is 102 Å². The molecule has 2 N–H and O–H groups in total. The van der Waals surface area contributed by atoms with Crippen molar-refractivity contribution in [3.8, 4) is 5.75 Å². The molecule has 3 saturated heterocycles. The highest BCUT2D eigenvalue weighted by Gasteiger charge is 2.59. The molecular weight excluding hydrogens is 487 g/mol. The fraction of sp³-hybridized carbons (Fsp3) is 0.520. The van der Waals surface area contributed by atoms with Crippen molar-refractivity contribution in [1.29, 1.82) is 0 Å². The predicted molar refractivity (Wildman–Crippen MR) is 129 cm³/mol. The predicted octanol–water partition coefficient (Wildman–Crippen LogP) is 2.13. The lowest BCUT2D eigenvalue weighted by molar-refractivity contribution is -0.157. The van der Waals surface area contributed by atoms with Crippen molar-refractivity contribution in [1.82, 2.24) is 14.2 Å². The quantitative estimate of drug-likeness (QED) is 0.651. The highest BCUT2D eigenvalue weighted by atomic mass is 32.2.